The summed E-state index contributed by atoms with van der Waals surface area (Å²) in [7, 11) is 0. The van der Waals surface area contributed by atoms with E-state index in [1.165, 1.54) is 38.0 Å². The highest BCUT2D eigenvalue weighted by Gasteiger charge is 2.22. The summed E-state index contributed by atoms with van der Waals surface area (Å²) in [4.78, 5) is 2.58. The van der Waals surface area contributed by atoms with Crippen LogP contribution in [0.3, 0.4) is 0 Å². The maximum absolute atomic E-state index is 9.61. The minimum Gasteiger partial charge on any atom is -0.508 e. The Morgan fingerprint density at radius 3 is 2.61 bits per heavy atom. The van der Waals surface area contributed by atoms with E-state index in [2.05, 4.69) is 24.8 Å². The second-order valence-electron chi connectivity index (χ2n) is 5.59. The van der Waals surface area contributed by atoms with Crippen LogP contribution in [0.15, 0.2) is 24.3 Å². The Bertz CT molecular complexity index is 371. The van der Waals surface area contributed by atoms with Crippen LogP contribution >= 0.6 is 0 Å². The zero-order valence-electron chi connectivity index (χ0n) is 11.6. The van der Waals surface area contributed by atoms with Crippen LogP contribution in [-0.4, -0.2) is 29.6 Å². The molecule has 0 radical (unpaired) electrons. The SMILES string of the molecule is CC[C@@H](c1cccc(O)c1)[C@@H](C)CN1CCCC1. The van der Waals surface area contributed by atoms with Gasteiger partial charge in [0.25, 0.3) is 0 Å². The topological polar surface area (TPSA) is 23.5 Å². The number of benzene rings is 1. The molecule has 1 fully saturated rings. The number of phenols is 1. The number of nitrogens with zero attached hydrogens (tertiary/aromatic N) is 1. The minimum absolute atomic E-state index is 0.388. The fourth-order valence-corrected chi connectivity index (χ4v) is 3.22. The number of phenolic OH excluding ortho intramolecular Hbond substituents is 1. The molecule has 1 N–H and O–H groups in total. The van der Waals surface area contributed by atoms with Crippen molar-refractivity contribution >= 4 is 0 Å². The summed E-state index contributed by atoms with van der Waals surface area (Å²) in [6.45, 7) is 8.31. The highest BCUT2D eigenvalue weighted by atomic mass is 16.3. The fraction of sp³-hybridized carbons (Fsp3) is 0.625. The first-order valence-corrected chi connectivity index (χ1v) is 7.22. The molecular weight excluding hydrogens is 222 g/mol. The maximum Gasteiger partial charge on any atom is 0.115 e. The molecule has 1 aromatic rings. The molecule has 2 rings (SSSR count). The Balaban J connectivity index is 2.02. The Labute approximate surface area is 111 Å². The molecule has 100 valence electrons. The number of hydrogen-bond donors (Lipinski definition) is 1. The van der Waals surface area contributed by atoms with Gasteiger partial charge in [-0.2, -0.15) is 0 Å². The molecule has 0 aliphatic carbocycles. The Morgan fingerprint density at radius 1 is 1.28 bits per heavy atom. The van der Waals surface area contributed by atoms with E-state index in [-0.39, 0.29) is 0 Å². The van der Waals surface area contributed by atoms with Crippen LogP contribution in [0.5, 0.6) is 5.75 Å². The van der Waals surface area contributed by atoms with Crippen molar-refractivity contribution in [2.24, 2.45) is 5.92 Å². The van der Waals surface area contributed by atoms with Crippen LogP contribution in [0.4, 0.5) is 0 Å². The van der Waals surface area contributed by atoms with Crippen molar-refractivity contribution in [2.75, 3.05) is 19.6 Å². The fourth-order valence-electron chi connectivity index (χ4n) is 3.22. The van der Waals surface area contributed by atoms with Gasteiger partial charge in [0, 0.05) is 6.54 Å². The first-order valence-electron chi connectivity index (χ1n) is 7.22. The highest BCUT2D eigenvalue weighted by Crippen LogP contribution is 2.31. The maximum atomic E-state index is 9.61. The minimum atomic E-state index is 0.388. The quantitative estimate of drug-likeness (QED) is 0.859. The summed E-state index contributed by atoms with van der Waals surface area (Å²) in [6.07, 6.45) is 3.85. The van der Waals surface area contributed by atoms with E-state index in [4.69, 9.17) is 0 Å². The third kappa shape index (κ3) is 3.26. The Hall–Kier alpha value is -1.02. The molecule has 0 aromatic heterocycles. The van der Waals surface area contributed by atoms with Crippen molar-refractivity contribution < 1.29 is 5.11 Å². The third-order valence-corrected chi connectivity index (χ3v) is 4.17. The standard InChI is InChI=1S/C16H25NO/c1-3-16(14-7-6-8-15(18)11-14)13(2)12-17-9-4-5-10-17/h6-8,11,13,16,18H,3-5,9-10,12H2,1-2H3/t13-,16+/m0/s1. The summed E-state index contributed by atoms with van der Waals surface area (Å²) in [6, 6.07) is 7.78. The predicted molar refractivity (Wildman–Crippen MR) is 76.0 cm³/mol. The molecular formula is C16H25NO. The lowest BCUT2D eigenvalue weighted by Gasteiger charge is -2.27. The van der Waals surface area contributed by atoms with Gasteiger partial charge in [-0.1, -0.05) is 26.0 Å². The molecule has 1 aliphatic rings. The summed E-state index contributed by atoms with van der Waals surface area (Å²) >= 11 is 0. The second-order valence-corrected chi connectivity index (χ2v) is 5.59. The van der Waals surface area contributed by atoms with E-state index in [0.717, 1.165) is 6.42 Å². The predicted octanol–water partition coefficient (Wildman–Crippen LogP) is 3.62. The van der Waals surface area contributed by atoms with Gasteiger partial charge in [0.05, 0.1) is 0 Å². The first-order chi connectivity index (χ1) is 8.70. The molecule has 0 amide bonds. The summed E-state index contributed by atoms with van der Waals surface area (Å²) in [5.74, 6) is 1.59. The molecule has 2 atom stereocenters. The smallest absolute Gasteiger partial charge is 0.115 e. The molecule has 1 saturated heterocycles. The molecule has 1 heterocycles. The van der Waals surface area contributed by atoms with Crippen molar-refractivity contribution in [1.29, 1.82) is 0 Å². The van der Waals surface area contributed by atoms with Crippen LogP contribution in [0.25, 0.3) is 0 Å². The molecule has 1 aromatic carbocycles. The van der Waals surface area contributed by atoms with Gasteiger partial charge >= 0.3 is 0 Å². The largest absolute Gasteiger partial charge is 0.508 e. The third-order valence-electron chi connectivity index (χ3n) is 4.17. The lowest BCUT2D eigenvalue weighted by molar-refractivity contribution is 0.261. The number of likely N-dealkylation sites (tertiary alicyclic amines) is 1. The Kier molecular flexibility index (Phi) is 4.65. The van der Waals surface area contributed by atoms with Gasteiger partial charge in [0.1, 0.15) is 5.75 Å². The summed E-state index contributed by atoms with van der Waals surface area (Å²) < 4.78 is 0. The molecule has 2 heteroatoms. The van der Waals surface area contributed by atoms with Gasteiger partial charge in [-0.25, -0.2) is 0 Å². The van der Waals surface area contributed by atoms with E-state index < -0.39 is 0 Å². The van der Waals surface area contributed by atoms with Crippen LogP contribution in [0, 0.1) is 5.92 Å². The van der Waals surface area contributed by atoms with Crippen LogP contribution in [0.2, 0.25) is 0 Å². The molecule has 0 spiro atoms. The average Bonchev–Trinajstić information content (AvgIpc) is 2.83. The van der Waals surface area contributed by atoms with Gasteiger partial charge in [0.15, 0.2) is 0 Å². The Morgan fingerprint density at radius 2 is 2.00 bits per heavy atom. The number of hydrogen-bond acceptors (Lipinski definition) is 2. The first kappa shape index (κ1) is 13.4. The average molecular weight is 247 g/mol. The van der Waals surface area contributed by atoms with Gasteiger partial charge in [-0.3, -0.25) is 0 Å². The normalized spacial score (nSPS) is 19.9. The van der Waals surface area contributed by atoms with E-state index in [1.807, 2.05) is 12.1 Å². The van der Waals surface area contributed by atoms with Crippen LogP contribution < -0.4 is 0 Å². The van der Waals surface area contributed by atoms with Crippen molar-refractivity contribution in [1.82, 2.24) is 4.90 Å². The molecule has 0 bridgehead atoms. The van der Waals surface area contributed by atoms with E-state index >= 15 is 0 Å². The van der Waals surface area contributed by atoms with Crippen molar-refractivity contribution in [3.8, 4) is 5.75 Å². The second kappa shape index (κ2) is 6.24. The van der Waals surface area contributed by atoms with Gasteiger partial charge < -0.3 is 10.0 Å². The number of rotatable bonds is 5. The van der Waals surface area contributed by atoms with Crippen molar-refractivity contribution in [2.45, 2.75) is 39.0 Å². The molecule has 0 saturated carbocycles. The zero-order chi connectivity index (χ0) is 13.0. The van der Waals surface area contributed by atoms with Gasteiger partial charge in [-0.15, -0.1) is 0 Å². The number of aromatic hydroxyl groups is 1. The van der Waals surface area contributed by atoms with E-state index in [0.29, 0.717) is 17.6 Å². The zero-order valence-corrected chi connectivity index (χ0v) is 11.6. The van der Waals surface area contributed by atoms with Gasteiger partial charge in [-0.05, 0) is 61.9 Å². The van der Waals surface area contributed by atoms with Crippen LogP contribution in [-0.2, 0) is 0 Å². The van der Waals surface area contributed by atoms with Crippen molar-refractivity contribution in [3.05, 3.63) is 29.8 Å². The van der Waals surface area contributed by atoms with Crippen molar-refractivity contribution in [3.63, 3.8) is 0 Å². The molecule has 0 unspecified atom stereocenters. The van der Waals surface area contributed by atoms with Crippen LogP contribution in [0.1, 0.15) is 44.6 Å². The monoisotopic (exact) mass is 247 g/mol. The summed E-state index contributed by atoms with van der Waals surface area (Å²) in [5.41, 5.74) is 1.28. The molecule has 18 heavy (non-hydrogen) atoms. The lowest BCUT2D eigenvalue weighted by atomic mass is 9.85. The highest BCUT2D eigenvalue weighted by molar-refractivity contribution is 5.30. The molecule has 2 nitrogen and oxygen atoms in total. The van der Waals surface area contributed by atoms with E-state index in [9.17, 15) is 5.11 Å². The molecule has 1 aliphatic heterocycles. The van der Waals surface area contributed by atoms with E-state index in [1.54, 1.807) is 6.07 Å². The van der Waals surface area contributed by atoms with Gasteiger partial charge in [0.2, 0.25) is 0 Å². The lowest BCUT2D eigenvalue weighted by Crippen LogP contribution is -2.28. The summed E-state index contributed by atoms with van der Waals surface area (Å²) in [5, 5.41) is 9.61.